The molecule has 0 spiro atoms. The molecule has 0 N–H and O–H groups in total. The number of hydrogen-bond donors (Lipinski definition) is 0. The largest absolute Gasteiger partial charge is 0.455 e. The molecular formula is C51H33N3O. The molecule has 0 saturated heterocycles. The predicted octanol–water partition coefficient (Wildman–Crippen LogP) is 13.4. The van der Waals surface area contributed by atoms with Crippen LogP contribution in [0.4, 0.5) is 0 Å². The van der Waals surface area contributed by atoms with Gasteiger partial charge in [-0.05, 0) is 68.8 Å². The van der Waals surface area contributed by atoms with Gasteiger partial charge in [-0.15, -0.1) is 0 Å². The molecule has 0 fully saturated rings. The molecule has 10 rings (SSSR count). The SMILES string of the molecule is [2H]c1c([2H])c([2H])c(-c2cccc(-c3nc(-c4ccccc4)nc(-c4cccc5c4oc4cc(-c6ccc(-c7ccc(-c8ccccc8)cc7)cc6)ccc45)n3)c2)c([2H])c1[2H]. The summed E-state index contributed by atoms with van der Waals surface area (Å²) in [6.07, 6.45) is 0. The topological polar surface area (TPSA) is 51.8 Å². The van der Waals surface area contributed by atoms with Crippen molar-refractivity contribution in [3.63, 3.8) is 0 Å². The zero-order valence-electron chi connectivity index (χ0n) is 34.4. The van der Waals surface area contributed by atoms with Gasteiger partial charge in [0, 0.05) is 21.9 Å². The van der Waals surface area contributed by atoms with Crippen LogP contribution in [0.1, 0.15) is 6.85 Å². The van der Waals surface area contributed by atoms with E-state index in [1.165, 1.54) is 11.1 Å². The van der Waals surface area contributed by atoms with Crippen LogP contribution >= 0.6 is 0 Å². The van der Waals surface area contributed by atoms with E-state index in [9.17, 15) is 0 Å². The summed E-state index contributed by atoms with van der Waals surface area (Å²) in [5, 5.41) is 1.89. The maximum Gasteiger partial charge on any atom is 0.167 e. The Morgan fingerprint density at radius 2 is 0.836 bits per heavy atom. The molecule has 0 aliphatic heterocycles. The van der Waals surface area contributed by atoms with Crippen LogP contribution in [0.25, 0.3) is 101 Å². The molecule has 2 heterocycles. The summed E-state index contributed by atoms with van der Waals surface area (Å²) in [5.74, 6) is 1.22. The van der Waals surface area contributed by atoms with Crippen LogP contribution in [0.3, 0.4) is 0 Å². The molecule has 8 aromatic carbocycles. The minimum atomic E-state index is -0.439. The standard InChI is InChI=1S/C51H33N3O/c1-4-12-34(13-5-1)36-22-24-37(25-23-36)38-26-28-39(29-27-38)42-30-31-44-45-20-11-21-46(48(45)55-47(44)33-42)51-53-49(40-16-8-3-9-17-40)52-50(54-51)43-19-10-18-41(32-43)35-14-6-2-7-15-35/h1-33H/i2D,6D,7D,14D,15D. The number of furan rings is 1. The molecule has 0 atom stereocenters. The first-order valence-corrected chi connectivity index (χ1v) is 18.0. The summed E-state index contributed by atoms with van der Waals surface area (Å²) < 4.78 is 48.3. The van der Waals surface area contributed by atoms with Crippen LogP contribution in [0.5, 0.6) is 0 Å². The highest BCUT2D eigenvalue weighted by molar-refractivity contribution is 6.10. The summed E-state index contributed by atoms with van der Waals surface area (Å²) in [6.45, 7) is 0. The molecule has 0 bridgehead atoms. The van der Waals surface area contributed by atoms with E-state index in [4.69, 9.17) is 26.2 Å². The Labute approximate surface area is 326 Å². The van der Waals surface area contributed by atoms with Crippen molar-refractivity contribution in [1.82, 2.24) is 15.0 Å². The van der Waals surface area contributed by atoms with Gasteiger partial charge < -0.3 is 4.42 Å². The molecule has 0 aliphatic rings. The van der Waals surface area contributed by atoms with Crippen LogP contribution in [-0.4, -0.2) is 15.0 Å². The lowest BCUT2D eigenvalue weighted by Crippen LogP contribution is -2.00. The van der Waals surface area contributed by atoms with E-state index in [0.717, 1.165) is 44.2 Å². The highest BCUT2D eigenvalue weighted by Gasteiger charge is 2.18. The fraction of sp³-hybridized carbons (Fsp3) is 0. The highest BCUT2D eigenvalue weighted by atomic mass is 16.3. The lowest BCUT2D eigenvalue weighted by molar-refractivity contribution is 0.669. The number of aromatic nitrogens is 3. The first-order valence-electron chi connectivity index (χ1n) is 20.5. The second kappa shape index (κ2) is 13.8. The maximum atomic E-state index is 8.57. The second-order valence-corrected chi connectivity index (χ2v) is 13.3. The molecule has 10 aromatic rings. The summed E-state index contributed by atoms with van der Waals surface area (Å²) in [4.78, 5) is 14.8. The quantitative estimate of drug-likeness (QED) is 0.165. The minimum absolute atomic E-state index is 0.108. The fourth-order valence-electron chi connectivity index (χ4n) is 7.04. The molecule has 0 amide bonds. The second-order valence-electron chi connectivity index (χ2n) is 13.3. The van der Waals surface area contributed by atoms with Crippen LogP contribution in [0.2, 0.25) is 0 Å². The summed E-state index contributed by atoms with van der Waals surface area (Å²) >= 11 is 0. The average molecular weight is 709 g/mol. The van der Waals surface area contributed by atoms with Gasteiger partial charge in [-0.25, -0.2) is 15.0 Å². The van der Waals surface area contributed by atoms with Crippen molar-refractivity contribution in [2.24, 2.45) is 0 Å². The first-order chi connectivity index (χ1) is 29.3. The van der Waals surface area contributed by atoms with Gasteiger partial charge >= 0.3 is 0 Å². The van der Waals surface area contributed by atoms with Crippen LogP contribution in [0, 0.1) is 0 Å². The highest BCUT2D eigenvalue weighted by Crippen LogP contribution is 2.38. The van der Waals surface area contributed by atoms with Gasteiger partial charge in [0.15, 0.2) is 17.5 Å². The zero-order valence-corrected chi connectivity index (χ0v) is 29.4. The number of hydrogen-bond acceptors (Lipinski definition) is 4. The number of fused-ring (bicyclic) bond motifs is 3. The van der Waals surface area contributed by atoms with Gasteiger partial charge in [0.05, 0.1) is 12.4 Å². The van der Waals surface area contributed by atoms with Crippen molar-refractivity contribution in [2.45, 2.75) is 0 Å². The molecule has 0 unspecified atom stereocenters. The molecule has 258 valence electrons. The van der Waals surface area contributed by atoms with Gasteiger partial charge in [-0.2, -0.15) is 0 Å². The molecule has 4 nitrogen and oxygen atoms in total. The third-order valence-corrected chi connectivity index (χ3v) is 9.86. The van der Waals surface area contributed by atoms with Crippen molar-refractivity contribution in [1.29, 1.82) is 0 Å². The van der Waals surface area contributed by atoms with Crippen molar-refractivity contribution >= 4 is 21.9 Å². The van der Waals surface area contributed by atoms with E-state index >= 15 is 0 Å². The van der Waals surface area contributed by atoms with Gasteiger partial charge in [0.1, 0.15) is 11.2 Å². The third-order valence-electron chi connectivity index (χ3n) is 9.86. The smallest absolute Gasteiger partial charge is 0.167 e. The molecule has 0 saturated carbocycles. The third kappa shape index (κ3) is 6.26. The molecular weight excluding hydrogens is 671 g/mol. The van der Waals surface area contributed by atoms with E-state index < -0.39 is 18.1 Å². The Morgan fingerprint density at radius 3 is 1.51 bits per heavy atom. The molecule has 0 aliphatic carbocycles. The molecule has 55 heavy (non-hydrogen) atoms. The van der Waals surface area contributed by atoms with E-state index in [1.54, 1.807) is 18.2 Å². The number of rotatable bonds is 7. The van der Waals surface area contributed by atoms with Crippen LogP contribution < -0.4 is 0 Å². The average Bonchev–Trinajstić information content (AvgIpc) is 3.69. The summed E-state index contributed by atoms with van der Waals surface area (Å²) in [5.41, 5.74) is 10.8. The molecule has 0 radical (unpaired) electrons. The Hall–Kier alpha value is -7.43. The Morgan fingerprint density at radius 1 is 0.345 bits per heavy atom. The Kier molecular flexibility index (Phi) is 6.85. The minimum Gasteiger partial charge on any atom is -0.455 e. The van der Waals surface area contributed by atoms with E-state index in [0.29, 0.717) is 39.7 Å². The fourth-order valence-corrected chi connectivity index (χ4v) is 7.04. The summed E-state index contributed by atoms with van der Waals surface area (Å²) in [7, 11) is 0. The lowest BCUT2D eigenvalue weighted by Gasteiger charge is -2.10. The number of benzene rings is 8. The van der Waals surface area contributed by atoms with Gasteiger partial charge in [0.25, 0.3) is 0 Å². The van der Waals surface area contributed by atoms with Crippen LogP contribution in [-0.2, 0) is 0 Å². The zero-order chi connectivity index (χ0) is 40.9. The maximum absolute atomic E-state index is 8.57. The lowest BCUT2D eigenvalue weighted by atomic mass is 9.97. The van der Waals surface area contributed by atoms with Gasteiger partial charge in [-0.1, -0.05) is 176 Å². The number of para-hydroxylation sites is 1. The Balaban J connectivity index is 1.03. The van der Waals surface area contributed by atoms with E-state index in [2.05, 4.69) is 91.0 Å². The molecule has 4 heteroatoms. The van der Waals surface area contributed by atoms with Gasteiger partial charge in [-0.3, -0.25) is 0 Å². The van der Waals surface area contributed by atoms with E-state index in [-0.39, 0.29) is 17.6 Å². The van der Waals surface area contributed by atoms with E-state index in [1.807, 2.05) is 60.7 Å². The predicted molar refractivity (Wildman–Crippen MR) is 225 cm³/mol. The van der Waals surface area contributed by atoms with Crippen molar-refractivity contribution in [3.05, 3.63) is 200 Å². The van der Waals surface area contributed by atoms with Crippen molar-refractivity contribution in [3.8, 4) is 78.7 Å². The normalized spacial score (nSPS) is 12.5. The molecule has 2 aromatic heterocycles. The number of nitrogens with zero attached hydrogens (tertiary/aromatic N) is 3. The van der Waals surface area contributed by atoms with Crippen molar-refractivity contribution in [2.75, 3.05) is 0 Å². The van der Waals surface area contributed by atoms with Crippen LogP contribution in [0.15, 0.2) is 204 Å². The Bertz CT molecular complexity index is 3210. The monoisotopic (exact) mass is 708 g/mol. The van der Waals surface area contributed by atoms with Crippen molar-refractivity contribution < 1.29 is 11.3 Å². The van der Waals surface area contributed by atoms with Gasteiger partial charge in [0.2, 0.25) is 0 Å². The summed E-state index contributed by atoms with van der Waals surface area (Å²) in [6, 6.07) is 54.8. The first kappa shape index (κ1) is 27.2.